The van der Waals surface area contributed by atoms with E-state index in [4.69, 9.17) is 0 Å². The van der Waals surface area contributed by atoms with Gasteiger partial charge >= 0.3 is 0 Å². The molecular weight excluding hydrogens is 278 g/mol. The second-order valence-corrected chi connectivity index (χ2v) is 6.91. The van der Waals surface area contributed by atoms with E-state index in [1.54, 1.807) is 11.3 Å². The molecule has 2 aromatic rings. The lowest BCUT2D eigenvalue weighted by atomic mass is 10.0. The lowest BCUT2D eigenvalue weighted by Gasteiger charge is -2.18. The largest absolute Gasteiger partial charge is 0.344 e. The van der Waals surface area contributed by atoms with Crippen LogP contribution in [0.4, 0.5) is 0 Å². The van der Waals surface area contributed by atoms with E-state index in [0.717, 1.165) is 11.3 Å². The summed E-state index contributed by atoms with van der Waals surface area (Å²) in [6.07, 6.45) is 3.42. The summed E-state index contributed by atoms with van der Waals surface area (Å²) in [7, 11) is 0. The summed E-state index contributed by atoms with van der Waals surface area (Å²) in [6, 6.07) is 12.5. The Morgan fingerprint density at radius 2 is 2.05 bits per heavy atom. The van der Waals surface area contributed by atoms with Gasteiger partial charge in [0.2, 0.25) is 0 Å². The molecular formula is C18H21NOS. The summed E-state index contributed by atoms with van der Waals surface area (Å²) >= 11 is 1.62. The number of amides is 1. The van der Waals surface area contributed by atoms with E-state index < -0.39 is 0 Å². The van der Waals surface area contributed by atoms with E-state index in [2.05, 4.69) is 31.3 Å². The number of thiophene rings is 1. The molecule has 110 valence electrons. The number of rotatable bonds is 5. The van der Waals surface area contributed by atoms with Gasteiger partial charge in [-0.3, -0.25) is 4.79 Å². The van der Waals surface area contributed by atoms with Crippen molar-refractivity contribution >= 4 is 17.2 Å². The maximum absolute atomic E-state index is 12.5. The Balaban J connectivity index is 1.78. The fourth-order valence-electron chi connectivity index (χ4n) is 2.76. The van der Waals surface area contributed by atoms with Crippen LogP contribution in [0.25, 0.3) is 0 Å². The average Bonchev–Trinajstić information content (AvgIpc) is 3.27. The van der Waals surface area contributed by atoms with Crippen LogP contribution in [0.2, 0.25) is 0 Å². The van der Waals surface area contributed by atoms with Crippen molar-refractivity contribution in [2.24, 2.45) is 5.92 Å². The minimum atomic E-state index is 0.0727. The van der Waals surface area contributed by atoms with Gasteiger partial charge in [-0.1, -0.05) is 37.3 Å². The van der Waals surface area contributed by atoms with E-state index >= 15 is 0 Å². The van der Waals surface area contributed by atoms with Crippen molar-refractivity contribution < 1.29 is 4.79 Å². The Kier molecular flexibility index (Phi) is 4.11. The van der Waals surface area contributed by atoms with Crippen molar-refractivity contribution in [3.8, 4) is 0 Å². The molecule has 2 nitrogen and oxygen atoms in total. The highest BCUT2D eigenvalue weighted by Crippen LogP contribution is 2.41. The normalized spacial score (nSPS) is 15.7. The molecule has 0 saturated heterocycles. The van der Waals surface area contributed by atoms with Gasteiger partial charge in [0.15, 0.2) is 0 Å². The van der Waals surface area contributed by atoms with E-state index in [1.807, 2.05) is 24.3 Å². The Bertz CT molecular complexity index is 628. The summed E-state index contributed by atoms with van der Waals surface area (Å²) in [5, 5.41) is 3.25. The third-order valence-corrected chi connectivity index (χ3v) is 5.48. The lowest BCUT2D eigenvalue weighted by Crippen LogP contribution is -2.29. The molecule has 1 aromatic heterocycles. The Morgan fingerprint density at radius 1 is 1.33 bits per heavy atom. The van der Waals surface area contributed by atoms with Gasteiger partial charge in [-0.15, -0.1) is 11.3 Å². The maximum atomic E-state index is 12.5. The Hall–Kier alpha value is -1.61. The summed E-state index contributed by atoms with van der Waals surface area (Å²) in [5.41, 5.74) is 2.45. The zero-order valence-electron chi connectivity index (χ0n) is 12.6. The first-order chi connectivity index (χ1) is 10.2. The van der Waals surface area contributed by atoms with Crippen LogP contribution in [0.15, 0.2) is 36.4 Å². The molecule has 1 N–H and O–H groups in total. The molecule has 0 radical (unpaired) electrons. The third kappa shape index (κ3) is 3.18. The third-order valence-electron chi connectivity index (χ3n) is 4.10. The molecule has 0 bridgehead atoms. The van der Waals surface area contributed by atoms with Crippen LogP contribution < -0.4 is 5.32 Å². The van der Waals surface area contributed by atoms with Crippen LogP contribution in [0, 0.1) is 12.8 Å². The molecule has 1 amide bonds. The molecule has 1 saturated carbocycles. The number of carbonyl (C=O) groups is 1. The molecule has 1 unspecified atom stereocenters. The molecule has 3 rings (SSSR count). The van der Waals surface area contributed by atoms with Crippen molar-refractivity contribution in [1.82, 2.24) is 5.32 Å². The van der Waals surface area contributed by atoms with Gasteiger partial charge in [-0.05, 0) is 49.3 Å². The zero-order chi connectivity index (χ0) is 14.8. The van der Waals surface area contributed by atoms with Crippen molar-refractivity contribution in [2.45, 2.75) is 39.2 Å². The molecule has 1 aromatic carbocycles. The van der Waals surface area contributed by atoms with Crippen LogP contribution in [-0.4, -0.2) is 5.91 Å². The van der Waals surface area contributed by atoms with E-state index in [1.165, 1.54) is 28.8 Å². The first-order valence-corrected chi connectivity index (χ1v) is 8.45. The number of hydrogen-bond acceptors (Lipinski definition) is 2. The average molecular weight is 299 g/mol. The minimum Gasteiger partial charge on any atom is -0.344 e. The summed E-state index contributed by atoms with van der Waals surface area (Å²) in [5.74, 6) is 0.673. The van der Waals surface area contributed by atoms with Gasteiger partial charge in [0.25, 0.3) is 5.91 Å². The summed E-state index contributed by atoms with van der Waals surface area (Å²) < 4.78 is 0. The number of benzene rings is 1. The van der Waals surface area contributed by atoms with Crippen molar-refractivity contribution in [2.75, 3.05) is 0 Å². The SMILES string of the molecule is CCc1sc(C(=O)NC(c2ccccc2)C2CC2)cc1C. The fourth-order valence-corrected chi connectivity index (χ4v) is 3.78. The standard InChI is InChI=1S/C18H21NOS/c1-3-15-12(2)11-16(21-15)18(20)19-17(14-9-10-14)13-7-5-4-6-8-13/h4-8,11,14,17H,3,9-10H2,1-2H3,(H,19,20). The highest BCUT2D eigenvalue weighted by Gasteiger charge is 2.33. The fraction of sp³-hybridized carbons (Fsp3) is 0.389. The molecule has 3 heteroatoms. The maximum Gasteiger partial charge on any atom is 0.261 e. The van der Waals surface area contributed by atoms with Gasteiger partial charge in [0, 0.05) is 4.88 Å². The monoisotopic (exact) mass is 299 g/mol. The van der Waals surface area contributed by atoms with Crippen LogP contribution in [0.5, 0.6) is 0 Å². The van der Waals surface area contributed by atoms with Crippen LogP contribution in [0.3, 0.4) is 0 Å². The first-order valence-electron chi connectivity index (χ1n) is 7.64. The van der Waals surface area contributed by atoms with E-state index in [-0.39, 0.29) is 11.9 Å². The predicted molar refractivity (Wildman–Crippen MR) is 87.8 cm³/mol. The topological polar surface area (TPSA) is 29.1 Å². The summed E-state index contributed by atoms with van der Waals surface area (Å²) in [6.45, 7) is 4.22. The number of aryl methyl sites for hydroxylation is 2. The van der Waals surface area contributed by atoms with Gasteiger partial charge in [-0.2, -0.15) is 0 Å². The molecule has 1 aliphatic carbocycles. The molecule has 1 heterocycles. The number of nitrogens with one attached hydrogen (secondary N) is 1. The smallest absolute Gasteiger partial charge is 0.261 e. The van der Waals surface area contributed by atoms with Gasteiger partial charge < -0.3 is 5.32 Å². The molecule has 0 aliphatic heterocycles. The van der Waals surface area contributed by atoms with Crippen LogP contribution >= 0.6 is 11.3 Å². The first kappa shape index (κ1) is 14.3. The van der Waals surface area contributed by atoms with E-state index in [9.17, 15) is 4.79 Å². The van der Waals surface area contributed by atoms with E-state index in [0.29, 0.717) is 5.92 Å². The second-order valence-electron chi connectivity index (χ2n) is 5.77. The number of carbonyl (C=O) groups excluding carboxylic acids is 1. The highest BCUT2D eigenvalue weighted by atomic mass is 32.1. The Labute approximate surface area is 130 Å². The molecule has 1 aliphatic rings. The summed E-state index contributed by atoms with van der Waals surface area (Å²) in [4.78, 5) is 14.7. The second kappa shape index (κ2) is 6.02. The molecule has 0 spiro atoms. The van der Waals surface area contributed by atoms with Crippen molar-refractivity contribution in [1.29, 1.82) is 0 Å². The van der Waals surface area contributed by atoms with Crippen LogP contribution in [-0.2, 0) is 6.42 Å². The van der Waals surface area contributed by atoms with Crippen molar-refractivity contribution in [3.05, 3.63) is 57.3 Å². The Morgan fingerprint density at radius 3 is 2.62 bits per heavy atom. The van der Waals surface area contributed by atoms with Gasteiger partial charge in [-0.25, -0.2) is 0 Å². The molecule has 1 fully saturated rings. The highest BCUT2D eigenvalue weighted by molar-refractivity contribution is 7.14. The lowest BCUT2D eigenvalue weighted by molar-refractivity contribution is 0.0935. The van der Waals surface area contributed by atoms with Crippen molar-refractivity contribution in [3.63, 3.8) is 0 Å². The van der Waals surface area contributed by atoms with Gasteiger partial charge in [0.05, 0.1) is 10.9 Å². The van der Waals surface area contributed by atoms with Crippen LogP contribution in [0.1, 0.15) is 51.5 Å². The minimum absolute atomic E-state index is 0.0727. The van der Waals surface area contributed by atoms with Gasteiger partial charge in [0.1, 0.15) is 0 Å². The zero-order valence-corrected chi connectivity index (χ0v) is 13.4. The predicted octanol–water partition coefficient (Wildman–Crippen LogP) is 4.50. The number of hydrogen-bond donors (Lipinski definition) is 1. The quantitative estimate of drug-likeness (QED) is 0.865. The molecule has 21 heavy (non-hydrogen) atoms. The molecule has 1 atom stereocenters.